The van der Waals surface area contributed by atoms with Crippen molar-refractivity contribution in [3.05, 3.63) is 35.3 Å². The molecular formula is C11H13FN4. The molecule has 5 heteroatoms. The second-order valence-corrected chi connectivity index (χ2v) is 3.61. The zero-order chi connectivity index (χ0) is 11.7. The van der Waals surface area contributed by atoms with Gasteiger partial charge in [-0.3, -0.25) is 0 Å². The Balaban J connectivity index is 2.52. The molecule has 1 aromatic heterocycles. The molecule has 0 fully saturated rings. The van der Waals surface area contributed by atoms with Crippen LogP contribution in [-0.4, -0.2) is 9.97 Å². The van der Waals surface area contributed by atoms with E-state index in [-0.39, 0.29) is 12.4 Å². The Bertz CT molecular complexity index is 519. The Hall–Kier alpha value is -1.88. The summed E-state index contributed by atoms with van der Waals surface area (Å²) in [6, 6.07) is 4.75. The number of aromatic nitrogens is 2. The van der Waals surface area contributed by atoms with E-state index in [0.717, 1.165) is 17.0 Å². The van der Waals surface area contributed by atoms with Crippen LogP contribution in [0, 0.1) is 12.7 Å². The number of benzene rings is 1. The number of nitrogen functional groups attached to an aromatic ring is 1. The molecule has 0 aliphatic heterocycles. The molecule has 4 nitrogen and oxygen atoms in total. The van der Waals surface area contributed by atoms with Crippen LogP contribution in [0.2, 0.25) is 0 Å². The van der Waals surface area contributed by atoms with Gasteiger partial charge in [-0.15, -0.1) is 0 Å². The Morgan fingerprint density at radius 3 is 2.75 bits per heavy atom. The number of aromatic amines is 1. The number of hydrogen-bond donors (Lipinski definition) is 3. The quantitative estimate of drug-likeness (QED) is 0.718. The van der Waals surface area contributed by atoms with E-state index < -0.39 is 0 Å². The summed E-state index contributed by atoms with van der Waals surface area (Å²) in [5.41, 5.74) is 13.9. The minimum atomic E-state index is -0.299. The fourth-order valence-electron chi connectivity index (χ4n) is 1.64. The number of nitrogens with zero attached hydrogens (tertiary/aromatic N) is 1. The van der Waals surface area contributed by atoms with Crippen LogP contribution in [0.15, 0.2) is 18.2 Å². The van der Waals surface area contributed by atoms with Crippen LogP contribution < -0.4 is 11.5 Å². The van der Waals surface area contributed by atoms with Gasteiger partial charge in [-0.1, -0.05) is 0 Å². The highest BCUT2D eigenvalue weighted by molar-refractivity contribution is 5.64. The van der Waals surface area contributed by atoms with E-state index in [4.69, 9.17) is 11.5 Å². The SMILES string of the molecule is Cc1[nH]c(N)nc1-c1ccc(F)c(CN)c1. The van der Waals surface area contributed by atoms with Crippen LogP contribution in [0.25, 0.3) is 11.3 Å². The first kappa shape index (κ1) is 10.6. The molecule has 0 spiro atoms. The van der Waals surface area contributed by atoms with E-state index in [1.807, 2.05) is 6.92 Å². The molecule has 0 atom stereocenters. The minimum Gasteiger partial charge on any atom is -0.369 e. The summed E-state index contributed by atoms with van der Waals surface area (Å²) >= 11 is 0. The molecule has 1 aromatic carbocycles. The lowest BCUT2D eigenvalue weighted by atomic mass is 10.1. The molecule has 0 saturated carbocycles. The van der Waals surface area contributed by atoms with Crippen molar-refractivity contribution < 1.29 is 4.39 Å². The van der Waals surface area contributed by atoms with Crippen molar-refractivity contribution in [2.75, 3.05) is 5.73 Å². The van der Waals surface area contributed by atoms with Crippen molar-refractivity contribution in [3.63, 3.8) is 0 Å². The highest BCUT2D eigenvalue weighted by atomic mass is 19.1. The Labute approximate surface area is 92.5 Å². The maximum atomic E-state index is 13.3. The van der Waals surface area contributed by atoms with Gasteiger partial charge < -0.3 is 16.5 Å². The van der Waals surface area contributed by atoms with Gasteiger partial charge in [0.25, 0.3) is 0 Å². The maximum absolute atomic E-state index is 13.3. The number of rotatable bonds is 2. The van der Waals surface area contributed by atoms with E-state index in [1.165, 1.54) is 6.07 Å². The first-order valence-corrected chi connectivity index (χ1v) is 4.92. The van der Waals surface area contributed by atoms with Gasteiger partial charge in [0.2, 0.25) is 0 Å². The smallest absolute Gasteiger partial charge is 0.198 e. The zero-order valence-corrected chi connectivity index (χ0v) is 8.92. The summed E-state index contributed by atoms with van der Waals surface area (Å²) in [5, 5.41) is 0. The first-order valence-electron chi connectivity index (χ1n) is 4.92. The van der Waals surface area contributed by atoms with Crippen LogP contribution in [-0.2, 0) is 6.54 Å². The van der Waals surface area contributed by atoms with Crippen molar-refractivity contribution in [2.24, 2.45) is 5.73 Å². The number of halogens is 1. The van der Waals surface area contributed by atoms with Gasteiger partial charge >= 0.3 is 0 Å². The van der Waals surface area contributed by atoms with E-state index in [1.54, 1.807) is 12.1 Å². The third kappa shape index (κ3) is 1.77. The first-order chi connectivity index (χ1) is 7.61. The standard InChI is InChI=1S/C11H13FN4/c1-6-10(16-11(14)15-6)7-2-3-9(12)8(4-7)5-13/h2-4H,5,13H2,1H3,(H3,14,15,16). The van der Waals surface area contributed by atoms with Crippen molar-refractivity contribution in [1.82, 2.24) is 9.97 Å². The minimum absolute atomic E-state index is 0.165. The molecule has 16 heavy (non-hydrogen) atoms. The third-order valence-electron chi connectivity index (χ3n) is 2.44. The summed E-state index contributed by atoms with van der Waals surface area (Å²) in [5.74, 6) is 0.0542. The topological polar surface area (TPSA) is 80.7 Å². The number of aryl methyl sites for hydroxylation is 1. The molecule has 2 aromatic rings. The second-order valence-electron chi connectivity index (χ2n) is 3.61. The fraction of sp³-hybridized carbons (Fsp3) is 0.182. The predicted octanol–water partition coefficient (Wildman–Crippen LogP) is 1.57. The van der Waals surface area contributed by atoms with E-state index in [9.17, 15) is 4.39 Å². The van der Waals surface area contributed by atoms with Crippen molar-refractivity contribution in [1.29, 1.82) is 0 Å². The van der Waals surface area contributed by atoms with Gasteiger partial charge in [0.15, 0.2) is 5.95 Å². The summed E-state index contributed by atoms with van der Waals surface area (Å²) in [4.78, 5) is 7.04. The van der Waals surface area contributed by atoms with Gasteiger partial charge in [-0.2, -0.15) is 0 Å². The van der Waals surface area contributed by atoms with Crippen LogP contribution >= 0.6 is 0 Å². The normalized spacial score (nSPS) is 10.7. The summed E-state index contributed by atoms with van der Waals surface area (Å²) in [6.07, 6.45) is 0. The molecule has 0 radical (unpaired) electrons. The molecule has 0 amide bonds. The van der Waals surface area contributed by atoms with Crippen molar-refractivity contribution in [3.8, 4) is 11.3 Å². The Morgan fingerprint density at radius 2 is 2.19 bits per heavy atom. The molecular weight excluding hydrogens is 207 g/mol. The molecule has 2 rings (SSSR count). The number of hydrogen-bond acceptors (Lipinski definition) is 3. The van der Waals surface area contributed by atoms with Crippen LogP contribution in [0.4, 0.5) is 10.3 Å². The van der Waals surface area contributed by atoms with Crippen LogP contribution in [0.3, 0.4) is 0 Å². The summed E-state index contributed by atoms with van der Waals surface area (Å²) < 4.78 is 13.3. The Morgan fingerprint density at radius 1 is 1.44 bits per heavy atom. The van der Waals surface area contributed by atoms with Gasteiger partial charge in [0, 0.05) is 23.4 Å². The molecule has 0 bridgehead atoms. The monoisotopic (exact) mass is 220 g/mol. The lowest BCUT2D eigenvalue weighted by Gasteiger charge is -2.03. The van der Waals surface area contributed by atoms with Gasteiger partial charge in [0.1, 0.15) is 5.82 Å². The number of anilines is 1. The van der Waals surface area contributed by atoms with E-state index in [0.29, 0.717) is 11.5 Å². The third-order valence-corrected chi connectivity index (χ3v) is 2.44. The van der Waals surface area contributed by atoms with Gasteiger partial charge in [-0.05, 0) is 25.1 Å². The highest BCUT2D eigenvalue weighted by Gasteiger charge is 2.09. The highest BCUT2D eigenvalue weighted by Crippen LogP contribution is 2.23. The number of imidazole rings is 1. The molecule has 84 valence electrons. The van der Waals surface area contributed by atoms with Crippen molar-refractivity contribution >= 4 is 5.95 Å². The lowest BCUT2D eigenvalue weighted by molar-refractivity contribution is 0.611. The zero-order valence-electron chi connectivity index (χ0n) is 8.92. The van der Waals surface area contributed by atoms with Crippen LogP contribution in [0.5, 0.6) is 0 Å². The molecule has 0 aliphatic rings. The Kier molecular flexibility index (Phi) is 2.62. The molecule has 1 heterocycles. The number of nitrogens with one attached hydrogen (secondary N) is 1. The van der Waals surface area contributed by atoms with E-state index in [2.05, 4.69) is 9.97 Å². The van der Waals surface area contributed by atoms with Gasteiger partial charge in [-0.25, -0.2) is 9.37 Å². The second kappa shape index (κ2) is 3.94. The number of nitrogens with two attached hydrogens (primary N) is 2. The molecule has 0 aliphatic carbocycles. The van der Waals surface area contributed by atoms with Gasteiger partial charge in [0.05, 0.1) is 5.69 Å². The lowest BCUT2D eigenvalue weighted by Crippen LogP contribution is -2.00. The van der Waals surface area contributed by atoms with Crippen molar-refractivity contribution in [2.45, 2.75) is 13.5 Å². The molecule has 0 unspecified atom stereocenters. The maximum Gasteiger partial charge on any atom is 0.198 e. The average Bonchev–Trinajstić information content (AvgIpc) is 2.59. The average molecular weight is 220 g/mol. The molecule has 0 saturated heterocycles. The molecule has 5 N–H and O–H groups in total. The summed E-state index contributed by atoms with van der Waals surface area (Å²) in [7, 11) is 0. The number of H-pyrrole nitrogens is 1. The largest absolute Gasteiger partial charge is 0.369 e. The summed E-state index contributed by atoms with van der Waals surface area (Å²) in [6.45, 7) is 2.03. The van der Waals surface area contributed by atoms with E-state index >= 15 is 0 Å². The van der Waals surface area contributed by atoms with Crippen LogP contribution in [0.1, 0.15) is 11.3 Å². The predicted molar refractivity (Wildman–Crippen MR) is 61.0 cm³/mol. The fourth-order valence-corrected chi connectivity index (χ4v) is 1.64.